The fourth-order valence-electron chi connectivity index (χ4n) is 1.77. The summed E-state index contributed by atoms with van der Waals surface area (Å²) in [7, 11) is 0. The molecular weight excluding hydrogens is 264 g/mol. The molecule has 2 aromatic rings. The SMILES string of the molecule is C#CCSCCNCc1[nH]c2ccccc2c1Cl. The zero-order valence-corrected chi connectivity index (χ0v) is 11.6. The predicted molar refractivity (Wildman–Crippen MR) is 81.2 cm³/mol. The summed E-state index contributed by atoms with van der Waals surface area (Å²) in [5, 5.41) is 5.25. The monoisotopic (exact) mass is 278 g/mol. The Morgan fingerprint density at radius 3 is 3.00 bits per heavy atom. The van der Waals surface area contributed by atoms with E-state index in [1.165, 1.54) is 0 Å². The van der Waals surface area contributed by atoms with Crippen molar-refractivity contribution in [2.75, 3.05) is 18.1 Å². The van der Waals surface area contributed by atoms with Crippen molar-refractivity contribution >= 4 is 34.3 Å². The van der Waals surface area contributed by atoms with Crippen LogP contribution in [0.15, 0.2) is 24.3 Å². The lowest BCUT2D eigenvalue weighted by Crippen LogP contribution is -2.17. The Morgan fingerprint density at radius 1 is 1.39 bits per heavy atom. The van der Waals surface area contributed by atoms with Gasteiger partial charge in [-0.3, -0.25) is 0 Å². The summed E-state index contributed by atoms with van der Waals surface area (Å²) >= 11 is 8.07. The van der Waals surface area contributed by atoms with Gasteiger partial charge in [0.25, 0.3) is 0 Å². The fourth-order valence-corrected chi connectivity index (χ4v) is 2.60. The molecule has 0 bridgehead atoms. The van der Waals surface area contributed by atoms with Crippen molar-refractivity contribution in [2.45, 2.75) is 6.54 Å². The topological polar surface area (TPSA) is 27.8 Å². The molecule has 2 N–H and O–H groups in total. The van der Waals surface area contributed by atoms with Gasteiger partial charge >= 0.3 is 0 Å². The first-order chi connectivity index (χ1) is 8.83. The molecule has 4 heteroatoms. The van der Waals surface area contributed by atoms with Crippen LogP contribution in [0.2, 0.25) is 5.02 Å². The van der Waals surface area contributed by atoms with E-state index in [0.717, 1.165) is 46.2 Å². The third-order valence-electron chi connectivity index (χ3n) is 2.62. The maximum atomic E-state index is 6.32. The van der Waals surface area contributed by atoms with Gasteiger partial charge in [0, 0.05) is 35.4 Å². The number of terminal acetylenes is 1. The number of nitrogens with one attached hydrogen (secondary N) is 2. The van der Waals surface area contributed by atoms with E-state index < -0.39 is 0 Å². The van der Waals surface area contributed by atoms with Gasteiger partial charge in [-0.05, 0) is 6.07 Å². The number of thioether (sulfide) groups is 1. The lowest BCUT2D eigenvalue weighted by molar-refractivity contribution is 0.721. The molecule has 0 saturated heterocycles. The first kappa shape index (κ1) is 13.4. The molecule has 0 saturated carbocycles. The Labute approximate surface area is 116 Å². The van der Waals surface area contributed by atoms with Gasteiger partial charge in [0.2, 0.25) is 0 Å². The van der Waals surface area contributed by atoms with Crippen LogP contribution >= 0.6 is 23.4 Å². The third kappa shape index (κ3) is 3.23. The van der Waals surface area contributed by atoms with Gasteiger partial charge in [0.05, 0.1) is 10.8 Å². The zero-order chi connectivity index (χ0) is 12.8. The molecule has 94 valence electrons. The molecule has 2 rings (SSSR count). The van der Waals surface area contributed by atoms with Crippen molar-refractivity contribution in [1.82, 2.24) is 10.3 Å². The Hall–Kier alpha value is -1.08. The second-order valence-corrected chi connectivity index (χ2v) is 5.38. The number of aromatic nitrogens is 1. The number of benzene rings is 1. The molecule has 0 amide bonds. The van der Waals surface area contributed by atoms with E-state index in [-0.39, 0.29) is 0 Å². The lowest BCUT2D eigenvalue weighted by atomic mass is 10.2. The van der Waals surface area contributed by atoms with E-state index in [2.05, 4.69) is 16.2 Å². The summed E-state index contributed by atoms with van der Waals surface area (Å²) in [6.07, 6.45) is 5.18. The zero-order valence-electron chi connectivity index (χ0n) is 10.0. The van der Waals surface area contributed by atoms with Crippen molar-refractivity contribution < 1.29 is 0 Å². The fraction of sp³-hybridized carbons (Fsp3) is 0.286. The molecule has 1 aromatic heterocycles. The number of para-hydroxylation sites is 1. The average molecular weight is 279 g/mol. The maximum Gasteiger partial charge on any atom is 0.0705 e. The van der Waals surface area contributed by atoms with E-state index >= 15 is 0 Å². The number of hydrogen-bond donors (Lipinski definition) is 2. The largest absolute Gasteiger partial charge is 0.356 e. The molecule has 1 heterocycles. The molecule has 2 nitrogen and oxygen atoms in total. The molecule has 0 atom stereocenters. The molecule has 0 unspecified atom stereocenters. The van der Waals surface area contributed by atoms with Crippen molar-refractivity contribution in [2.24, 2.45) is 0 Å². The van der Waals surface area contributed by atoms with E-state index in [1.807, 2.05) is 24.3 Å². The maximum absolute atomic E-state index is 6.32. The van der Waals surface area contributed by atoms with Crippen molar-refractivity contribution in [3.05, 3.63) is 35.0 Å². The first-order valence-electron chi connectivity index (χ1n) is 5.80. The molecule has 0 aliphatic carbocycles. The second-order valence-electron chi connectivity index (χ2n) is 3.90. The highest BCUT2D eigenvalue weighted by Gasteiger charge is 2.07. The highest BCUT2D eigenvalue weighted by Crippen LogP contribution is 2.26. The van der Waals surface area contributed by atoms with Gasteiger partial charge < -0.3 is 10.3 Å². The molecule has 0 spiro atoms. The second kappa shape index (κ2) is 6.75. The molecule has 0 aliphatic rings. The number of H-pyrrole nitrogens is 1. The van der Waals surface area contributed by atoms with Crippen molar-refractivity contribution in [3.63, 3.8) is 0 Å². The van der Waals surface area contributed by atoms with Crippen LogP contribution in [0.25, 0.3) is 10.9 Å². The minimum Gasteiger partial charge on any atom is -0.356 e. The van der Waals surface area contributed by atoms with Gasteiger partial charge in [-0.1, -0.05) is 35.7 Å². The molecule has 1 aromatic carbocycles. The molecule has 0 radical (unpaired) electrons. The minimum absolute atomic E-state index is 0.754. The molecule has 0 fully saturated rings. The summed E-state index contributed by atoms with van der Waals surface area (Å²) in [5.74, 6) is 4.40. The van der Waals surface area contributed by atoms with Crippen molar-refractivity contribution in [1.29, 1.82) is 0 Å². The third-order valence-corrected chi connectivity index (χ3v) is 3.92. The van der Waals surface area contributed by atoms with Crippen LogP contribution < -0.4 is 5.32 Å². The number of aromatic amines is 1. The van der Waals surface area contributed by atoms with Crippen LogP contribution in [0.4, 0.5) is 0 Å². The van der Waals surface area contributed by atoms with Gasteiger partial charge in [-0.2, -0.15) is 0 Å². The molecular formula is C14H15ClN2S. The van der Waals surface area contributed by atoms with Gasteiger partial charge in [-0.15, -0.1) is 18.2 Å². The molecule has 0 aliphatic heterocycles. The van der Waals surface area contributed by atoms with Crippen LogP contribution in [-0.2, 0) is 6.54 Å². The predicted octanol–water partition coefficient (Wildman–Crippen LogP) is 3.28. The van der Waals surface area contributed by atoms with Crippen LogP contribution in [0.5, 0.6) is 0 Å². The molecule has 18 heavy (non-hydrogen) atoms. The Morgan fingerprint density at radius 2 is 2.22 bits per heavy atom. The number of hydrogen-bond acceptors (Lipinski definition) is 2. The summed E-state index contributed by atoms with van der Waals surface area (Å²) < 4.78 is 0. The average Bonchev–Trinajstić information content (AvgIpc) is 2.71. The normalized spacial score (nSPS) is 10.7. The van der Waals surface area contributed by atoms with E-state index in [9.17, 15) is 0 Å². The van der Waals surface area contributed by atoms with Crippen molar-refractivity contribution in [3.8, 4) is 12.3 Å². The van der Waals surface area contributed by atoms with E-state index in [1.54, 1.807) is 11.8 Å². The highest BCUT2D eigenvalue weighted by atomic mass is 35.5. The quantitative estimate of drug-likeness (QED) is 0.627. The summed E-state index contributed by atoms with van der Waals surface area (Å²) in [5.41, 5.74) is 2.13. The highest BCUT2D eigenvalue weighted by molar-refractivity contribution is 7.99. The summed E-state index contributed by atoms with van der Waals surface area (Å²) in [4.78, 5) is 3.33. The van der Waals surface area contributed by atoms with E-state index in [0.29, 0.717) is 0 Å². The van der Waals surface area contributed by atoms with Crippen LogP contribution in [0.3, 0.4) is 0 Å². The van der Waals surface area contributed by atoms with Gasteiger partial charge in [0.1, 0.15) is 0 Å². The number of fused-ring (bicyclic) bond motifs is 1. The first-order valence-corrected chi connectivity index (χ1v) is 7.33. The minimum atomic E-state index is 0.754. The van der Waals surface area contributed by atoms with Crippen LogP contribution in [0.1, 0.15) is 5.69 Å². The standard InChI is InChI=1S/C14H15ClN2S/c1-2-8-18-9-7-16-10-13-14(15)11-5-3-4-6-12(11)17-13/h1,3-6,16-17H,7-10H2. The smallest absolute Gasteiger partial charge is 0.0705 e. The summed E-state index contributed by atoms with van der Waals surface area (Å²) in [6.45, 7) is 1.68. The number of halogens is 1. The van der Waals surface area contributed by atoms with E-state index in [4.69, 9.17) is 18.0 Å². The Kier molecular flexibility index (Phi) is 5.00. The number of rotatable bonds is 6. The Bertz CT molecular complexity index is 556. The van der Waals surface area contributed by atoms with Gasteiger partial charge in [-0.25, -0.2) is 0 Å². The Balaban J connectivity index is 1.88. The lowest BCUT2D eigenvalue weighted by Gasteiger charge is -2.02. The summed E-state index contributed by atoms with van der Waals surface area (Å²) in [6, 6.07) is 8.06. The van der Waals surface area contributed by atoms with Crippen LogP contribution in [0, 0.1) is 12.3 Å². The van der Waals surface area contributed by atoms with Gasteiger partial charge in [0.15, 0.2) is 0 Å². The van der Waals surface area contributed by atoms with Crippen LogP contribution in [-0.4, -0.2) is 23.0 Å².